The van der Waals surface area contributed by atoms with Crippen molar-refractivity contribution in [1.82, 2.24) is 14.9 Å². The third-order valence-electron chi connectivity index (χ3n) is 4.07. The summed E-state index contributed by atoms with van der Waals surface area (Å²) in [6.45, 7) is 5.73. The lowest BCUT2D eigenvalue weighted by atomic mass is 10.1. The van der Waals surface area contributed by atoms with Gasteiger partial charge in [-0.05, 0) is 12.1 Å². The molecule has 0 N–H and O–H groups in total. The zero-order valence-corrected chi connectivity index (χ0v) is 13.9. The lowest BCUT2D eigenvalue weighted by Crippen LogP contribution is -2.31. The zero-order valence-electron chi connectivity index (χ0n) is 13.1. The van der Waals surface area contributed by atoms with Gasteiger partial charge in [-0.3, -0.25) is 4.90 Å². The van der Waals surface area contributed by atoms with Gasteiger partial charge in [0.25, 0.3) is 0 Å². The van der Waals surface area contributed by atoms with Gasteiger partial charge < -0.3 is 0 Å². The van der Waals surface area contributed by atoms with Crippen LogP contribution in [0.3, 0.4) is 0 Å². The standard InChI is InChI=1S/C17H18ClF2N3/c1-10(2)17-21-7-11-8-23(6-5-15(11)22-17)9-12-13(19)3-4-14(20)16(12)18/h3-4,7,10H,5-6,8-9H2,1-2H3. The Balaban J connectivity index is 1.79. The molecule has 2 heterocycles. The highest BCUT2D eigenvalue weighted by Crippen LogP contribution is 2.26. The molecule has 6 heteroatoms. The minimum absolute atomic E-state index is 0.137. The Kier molecular flexibility index (Phi) is 4.60. The first-order valence-electron chi connectivity index (χ1n) is 7.65. The van der Waals surface area contributed by atoms with Crippen LogP contribution in [0.15, 0.2) is 18.3 Å². The van der Waals surface area contributed by atoms with Crippen LogP contribution in [-0.2, 0) is 19.5 Å². The van der Waals surface area contributed by atoms with Crippen LogP contribution in [-0.4, -0.2) is 21.4 Å². The lowest BCUT2D eigenvalue weighted by Gasteiger charge is -2.28. The molecule has 0 saturated heterocycles. The van der Waals surface area contributed by atoms with E-state index in [-0.39, 0.29) is 17.1 Å². The number of hydrogen-bond acceptors (Lipinski definition) is 3. The first-order valence-corrected chi connectivity index (χ1v) is 8.03. The lowest BCUT2D eigenvalue weighted by molar-refractivity contribution is 0.239. The van der Waals surface area contributed by atoms with Gasteiger partial charge in [0.15, 0.2) is 0 Å². The summed E-state index contributed by atoms with van der Waals surface area (Å²) >= 11 is 5.91. The van der Waals surface area contributed by atoms with Crippen molar-refractivity contribution in [1.29, 1.82) is 0 Å². The normalized spacial score (nSPS) is 15.0. The molecule has 0 radical (unpaired) electrons. The van der Waals surface area contributed by atoms with E-state index in [9.17, 15) is 8.78 Å². The molecule has 0 atom stereocenters. The molecule has 0 spiro atoms. The number of rotatable bonds is 3. The van der Waals surface area contributed by atoms with Crippen molar-refractivity contribution < 1.29 is 8.78 Å². The van der Waals surface area contributed by atoms with E-state index in [1.165, 1.54) is 0 Å². The fraction of sp³-hybridized carbons (Fsp3) is 0.412. The first kappa shape index (κ1) is 16.3. The van der Waals surface area contributed by atoms with Gasteiger partial charge in [0.05, 0.1) is 5.02 Å². The second-order valence-corrected chi connectivity index (χ2v) is 6.52. The van der Waals surface area contributed by atoms with E-state index in [1.807, 2.05) is 11.1 Å². The van der Waals surface area contributed by atoms with Gasteiger partial charge in [0.1, 0.15) is 17.5 Å². The van der Waals surface area contributed by atoms with Crippen molar-refractivity contribution in [3.8, 4) is 0 Å². The average molecular weight is 338 g/mol. The van der Waals surface area contributed by atoms with Crippen molar-refractivity contribution in [2.45, 2.75) is 39.3 Å². The molecule has 0 unspecified atom stereocenters. The SMILES string of the molecule is CC(C)c1ncc2c(n1)CCN(Cc1c(F)ccc(F)c1Cl)C2. The topological polar surface area (TPSA) is 29.0 Å². The summed E-state index contributed by atoms with van der Waals surface area (Å²) in [7, 11) is 0. The van der Waals surface area contributed by atoms with Gasteiger partial charge in [-0.15, -0.1) is 0 Å². The Morgan fingerprint density at radius 2 is 2.00 bits per heavy atom. The minimum Gasteiger partial charge on any atom is -0.294 e. The molecule has 1 aliphatic rings. The summed E-state index contributed by atoms with van der Waals surface area (Å²) in [5.74, 6) is 0.0638. The van der Waals surface area contributed by atoms with Crippen LogP contribution in [0.2, 0.25) is 5.02 Å². The molecule has 3 rings (SSSR count). The average Bonchev–Trinajstić information content (AvgIpc) is 2.54. The quantitative estimate of drug-likeness (QED) is 0.790. The molecule has 1 aromatic carbocycles. The molecular weight excluding hydrogens is 320 g/mol. The maximum absolute atomic E-state index is 13.9. The minimum atomic E-state index is -0.592. The fourth-order valence-electron chi connectivity index (χ4n) is 2.74. The fourth-order valence-corrected chi connectivity index (χ4v) is 2.95. The third-order valence-corrected chi connectivity index (χ3v) is 4.48. The summed E-state index contributed by atoms with van der Waals surface area (Å²) < 4.78 is 27.5. The molecule has 0 bridgehead atoms. The van der Waals surface area contributed by atoms with Crippen molar-refractivity contribution in [2.75, 3.05) is 6.54 Å². The predicted molar refractivity (Wildman–Crippen MR) is 85.3 cm³/mol. The Bertz CT molecular complexity index is 734. The summed E-state index contributed by atoms with van der Waals surface area (Å²) in [4.78, 5) is 11.0. The van der Waals surface area contributed by atoms with E-state index < -0.39 is 11.6 Å². The van der Waals surface area contributed by atoms with E-state index in [4.69, 9.17) is 11.6 Å². The maximum atomic E-state index is 13.9. The van der Waals surface area contributed by atoms with Crippen molar-refractivity contribution in [3.63, 3.8) is 0 Å². The number of benzene rings is 1. The third kappa shape index (κ3) is 3.35. The highest BCUT2D eigenvalue weighted by atomic mass is 35.5. The molecule has 1 aliphatic heterocycles. The predicted octanol–water partition coefficient (Wildman–Crippen LogP) is 4.09. The second kappa shape index (κ2) is 6.49. The van der Waals surface area contributed by atoms with E-state index in [0.29, 0.717) is 12.5 Å². The summed E-state index contributed by atoms with van der Waals surface area (Å²) in [5, 5.41) is -0.137. The van der Waals surface area contributed by atoms with Crippen LogP contribution >= 0.6 is 11.6 Å². The smallest absolute Gasteiger partial charge is 0.142 e. The van der Waals surface area contributed by atoms with Crippen LogP contribution in [0.4, 0.5) is 8.78 Å². The van der Waals surface area contributed by atoms with E-state index in [0.717, 1.165) is 42.2 Å². The molecule has 0 amide bonds. The Morgan fingerprint density at radius 3 is 2.74 bits per heavy atom. The van der Waals surface area contributed by atoms with Crippen LogP contribution in [0.25, 0.3) is 0 Å². The molecule has 122 valence electrons. The van der Waals surface area contributed by atoms with Crippen LogP contribution in [0.1, 0.15) is 42.4 Å². The zero-order chi connectivity index (χ0) is 16.6. The number of nitrogens with zero attached hydrogens (tertiary/aromatic N) is 3. The molecule has 3 nitrogen and oxygen atoms in total. The molecule has 2 aromatic rings. The molecular formula is C17H18ClF2N3. The van der Waals surface area contributed by atoms with Gasteiger partial charge in [-0.1, -0.05) is 25.4 Å². The van der Waals surface area contributed by atoms with E-state index in [2.05, 4.69) is 23.8 Å². The van der Waals surface area contributed by atoms with Crippen LogP contribution < -0.4 is 0 Å². The molecule has 0 fully saturated rings. The largest absolute Gasteiger partial charge is 0.294 e. The molecule has 23 heavy (non-hydrogen) atoms. The number of aromatic nitrogens is 2. The van der Waals surface area contributed by atoms with Gasteiger partial charge in [-0.25, -0.2) is 18.7 Å². The molecule has 0 aliphatic carbocycles. The van der Waals surface area contributed by atoms with Gasteiger partial charge in [-0.2, -0.15) is 0 Å². The summed E-state index contributed by atoms with van der Waals surface area (Å²) in [5.41, 5.74) is 2.29. The van der Waals surface area contributed by atoms with Crippen LogP contribution in [0.5, 0.6) is 0 Å². The maximum Gasteiger partial charge on any atom is 0.142 e. The van der Waals surface area contributed by atoms with Crippen molar-refractivity contribution in [2.24, 2.45) is 0 Å². The summed E-state index contributed by atoms with van der Waals surface area (Å²) in [6, 6.07) is 2.17. The molecule has 1 aromatic heterocycles. The Morgan fingerprint density at radius 1 is 1.26 bits per heavy atom. The van der Waals surface area contributed by atoms with Crippen LogP contribution in [0, 0.1) is 11.6 Å². The number of halogens is 3. The number of hydrogen-bond donors (Lipinski definition) is 0. The monoisotopic (exact) mass is 337 g/mol. The highest BCUT2D eigenvalue weighted by Gasteiger charge is 2.22. The second-order valence-electron chi connectivity index (χ2n) is 6.14. The Hall–Kier alpha value is -1.59. The highest BCUT2D eigenvalue weighted by molar-refractivity contribution is 6.31. The first-order chi connectivity index (χ1) is 11.0. The van der Waals surface area contributed by atoms with Crippen molar-refractivity contribution in [3.05, 3.63) is 57.6 Å². The van der Waals surface area contributed by atoms with E-state index in [1.54, 1.807) is 0 Å². The van der Waals surface area contributed by atoms with E-state index >= 15 is 0 Å². The summed E-state index contributed by atoms with van der Waals surface area (Å²) in [6.07, 6.45) is 2.61. The van der Waals surface area contributed by atoms with Gasteiger partial charge in [0.2, 0.25) is 0 Å². The van der Waals surface area contributed by atoms with Gasteiger partial charge >= 0.3 is 0 Å². The van der Waals surface area contributed by atoms with Crippen molar-refractivity contribution >= 4 is 11.6 Å². The van der Waals surface area contributed by atoms with Gasteiger partial charge in [0, 0.05) is 55.0 Å². The number of fused-ring (bicyclic) bond motifs is 1. The molecule has 0 saturated carbocycles. The Labute approximate surface area is 139 Å².